The summed E-state index contributed by atoms with van der Waals surface area (Å²) in [5.41, 5.74) is 0. The van der Waals surface area contributed by atoms with Gasteiger partial charge in [0.1, 0.15) is 6.54 Å². The summed E-state index contributed by atoms with van der Waals surface area (Å²) in [5, 5.41) is 0. The zero-order valence-corrected chi connectivity index (χ0v) is 10.1. The Kier molecular flexibility index (Phi) is 10.9. The number of hydrogen-bond acceptors (Lipinski definition) is 2. The van der Waals surface area contributed by atoms with Crippen molar-refractivity contribution in [1.82, 2.24) is 0 Å². The van der Waals surface area contributed by atoms with Gasteiger partial charge in [-0.3, -0.25) is 4.57 Å². The van der Waals surface area contributed by atoms with Crippen LogP contribution in [0.2, 0.25) is 0 Å². The molecular formula is C8H21NO4P+. The van der Waals surface area contributed by atoms with Crippen molar-refractivity contribution in [2.75, 3.05) is 40.9 Å². The Morgan fingerprint density at radius 1 is 1.43 bits per heavy atom. The minimum atomic E-state index is -3.13. The van der Waals surface area contributed by atoms with Gasteiger partial charge in [-0.05, 0) is 0 Å². The van der Waals surface area contributed by atoms with Crippen molar-refractivity contribution in [3.8, 4) is 0 Å². The van der Waals surface area contributed by atoms with E-state index in [1.165, 1.54) is 0 Å². The minimum Gasteiger partial charge on any atom is -0.372 e. The number of likely N-dealkylation sites (N-methyl/N-ethyl adjacent to an activating group) is 1. The molecule has 0 aromatic carbocycles. The van der Waals surface area contributed by atoms with E-state index in [1.807, 2.05) is 0 Å². The number of hydrogen-bond donors (Lipinski definition) is 2. The van der Waals surface area contributed by atoms with E-state index < -0.39 is 8.25 Å². The zero-order chi connectivity index (χ0) is 11.6. The van der Waals surface area contributed by atoms with Gasteiger partial charge in [-0.1, -0.05) is 6.08 Å². The Morgan fingerprint density at radius 2 is 1.86 bits per heavy atom. The molecule has 0 saturated carbocycles. The molecule has 0 bridgehead atoms. The highest BCUT2D eigenvalue weighted by Crippen LogP contribution is 1.98. The molecule has 0 aliphatic heterocycles. The van der Waals surface area contributed by atoms with Crippen molar-refractivity contribution in [2.45, 2.75) is 0 Å². The Balaban J connectivity index is 0. The van der Waals surface area contributed by atoms with Crippen LogP contribution in [0.15, 0.2) is 12.7 Å². The highest BCUT2D eigenvalue weighted by atomic mass is 31.1. The third-order valence-corrected chi connectivity index (χ3v) is 1.14. The molecule has 14 heavy (non-hydrogen) atoms. The van der Waals surface area contributed by atoms with Gasteiger partial charge in [0, 0.05) is 0 Å². The second-order valence-corrected chi connectivity index (χ2v) is 4.23. The van der Waals surface area contributed by atoms with Crippen LogP contribution in [0, 0.1) is 0 Å². The summed E-state index contributed by atoms with van der Waals surface area (Å²) in [7, 11) is 3.32. The summed E-state index contributed by atoms with van der Waals surface area (Å²) in [4.78, 5) is 14.3. The maximum Gasteiger partial charge on any atom is 0.314 e. The molecule has 0 fully saturated rings. The quantitative estimate of drug-likeness (QED) is 0.305. The van der Waals surface area contributed by atoms with Crippen LogP contribution in [0.3, 0.4) is 0 Å². The Hall–Kier alpha value is -0.190. The summed E-state index contributed by atoms with van der Waals surface area (Å²) in [5.74, 6) is 0. The van der Waals surface area contributed by atoms with Crippen molar-refractivity contribution in [2.24, 2.45) is 0 Å². The molecule has 5 nitrogen and oxygen atoms in total. The van der Waals surface area contributed by atoms with Crippen molar-refractivity contribution in [1.29, 1.82) is 0 Å². The van der Waals surface area contributed by atoms with Crippen LogP contribution in [0.5, 0.6) is 0 Å². The summed E-state index contributed by atoms with van der Waals surface area (Å²) < 4.78 is 14.9. The Labute approximate surface area is 86.2 Å². The fourth-order valence-corrected chi connectivity index (χ4v) is 0.505. The van der Waals surface area contributed by atoms with Gasteiger partial charge in [-0.15, -0.1) is 6.58 Å². The molecule has 86 valence electrons. The predicted molar refractivity (Wildman–Crippen MR) is 57.4 cm³/mol. The minimum absolute atomic E-state index is 0.667. The first-order valence-corrected chi connectivity index (χ1v) is 5.51. The highest BCUT2D eigenvalue weighted by molar-refractivity contribution is 7.30. The fourth-order valence-electron chi connectivity index (χ4n) is 0.505. The van der Waals surface area contributed by atoms with E-state index in [2.05, 4.69) is 27.7 Å². The highest BCUT2D eigenvalue weighted by Gasteiger charge is 2.04. The second kappa shape index (κ2) is 9.37. The first kappa shape index (κ1) is 16.2. The van der Waals surface area contributed by atoms with E-state index in [0.29, 0.717) is 6.61 Å². The Bertz CT molecular complexity index is 163. The topological polar surface area (TPSA) is 66.8 Å². The van der Waals surface area contributed by atoms with Crippen molar-refractivity contribution in [3.05, 3.63) is 12.7 Å². The van der Waals surface area contributed by atoms with Gasteiger partial charge in [0.25, 0.3) is 0 Å². The lowest BCUT2D eigenvalue weighted by Gasteiger charge is -2.23. The van der Waals surface area contributed by atoms with Gasteiger partial charge < -0.3 is 19.0 Å². The molecule has 0 saturated heterocycles. The van der Waals surface area contributed by atoms with E-state index in [-0.39, 0.29) is 0 Å². The summed E-state index contributed by atoms with van der Waals surface area (Å²) >= 11 is 0. The van der Waals surface area contributed by atoms with E-state index in [9.17, 15) is 0 Å². The zero-order valence-electron chi connectivity index (χ0n) is 9.06. The number of rotatable bonds is 5. The molecule has 0 spiro atoms. The van der Waals surface area contributed by atoms with Gasteiger partial charge in [0.05, 0.1) is 34.4 Å². The van der Waals surface area contributed by atoms with E-state index in [1.54, 1.807) is 6.08 Å². The van der Waals surface area contributed by atoms with Crippen LogP contribution in [-0.2, 0) is 9.30 Å². The van der Waals surface area contributed by atoms with Gasteiger partial charge >= 0.3 is 8.25 Å². The second-order valence-electron chi connectivity index (χ2n) is 3.66. The maximum atomic E-state index is 8.74. The number of quaternary nitrogens is 1. The van der Waals surface area contributed by atoms with Gasteiger partial charge in [0.15, 0.2) is 0 Å². The lowest BCUT2D eigenvalue weighted by atomic mass is 10.5. The molecule has 0 aliphatic carbocycles. The summed E-state index contributed by atoms with van der Waals surface area (Å²) in [6.07, 6.45) is 1.77. The van der Waals surface area contributed by atoms with Crippen LogP contribution in [0.1, 0.15) is 0 Å². The van der Waals surface area contributed by atoms with E-state index >= 15 is 0 Å². The average molecular weight is 226 g/mol. The first-order chi connectivity index (χ1) is 6.29. The fraction of sp³-hybridized carbons (Fsp3) is 0.750. The lowest BCUT2D eigenvalue weighted by Crippen LogP contribution is -2.37. The van der Waals surface area contributed by atoms with Crippen LogP contribution in [-0.4, -0.2) is 55.2 Å². The standard InChI is InChI=1S/C8H18NO.H3O3P/c1-5-7-10-8-6-9(2,3)4;1-4(2)3/h5H,1,6-8H2,2-4H3;4H,(H2,1,2,3)/q+1;. The van der Waals surface area contributed by atoms with E-state index in [0.717, 1.165) is 17.6 Å². The molecule has 0 heterocycles. The average Bonchev–Trinajstić information content (AvgIpc) is 1.95. The Morgan fingerprint density at radius 3 is 2.14 bits per heavy atom. The first-order valence-electron chi connectivity index (χ1n) is 4.20. The number of nitrogens with zero attached hydrogens (tertiary/aromatic N) is 1. The molecule has 0 aliphatic rings. The van der Waals surface area contributed by atoms with Crippen LogP contribution < -0.4 is 0 Å². The van der Waals surface area contributed by atoms with Crippen molar-refractivity contribution >= 4 is 8.25 Å². The molecule has 2 N–H and O–H groups in total. The molecule has 0 rings (SSSR count). The molecule has 0 radical (unpaired) electrons. The van der Waals surface area contributed by atoms with Gasteiger partial charge in [-0.2, -0.15) is 0 Å². The smallest absolute Gasteiger partial charge is 0.314 e. The maximum absolute atomic E-state index is 8.74. The van der Waals surface area contributed by atoms with Gasteiger partial charge in [0.2, 0.25) is 0 Å². The molecule has 0 aromatic rings. The summed E-state index contributed by atoms with van der Waals surface area (Å²) in [6, 6.07) is 0. The number of ether oxygens (including phenoxy) is 1. The SMILES string of the molecule is C=CCOCC[N+](C)(C)C.O=[PH](O)O. The van der Waals surface area contributed by atoms with Crippen molar-refractivity contribution in [3.63, 3.8) is 0 Å². The largest absolute Gasteiger partial charge is 0.372 e. The van der Waals surface area contributed by atoms with Crippen LogP contribution in [0.25, 0.3) is 0 Å². The molecule has 0 atom stereocenters. The molecule has 0 aromatic heterocycles. The predicted octanol–water partition coefficient (Wildman–Crippen LogP) is 0.256. The van der Waals surface area contributed by atoms with Crippen molar-refractivity contribution < 1.29 is 23.6 Å². The lowest BCUT2D eigenvalue weighted by molar-refractivity contribution is -0.870. The van der Waals surface area contributed by atoms with Crippen LogP contribution in [0.4, 0.5) is 0 Å². The normalized spacial score (nSPS) is 10.7. The van der Waals surface area contributed by atoms with Gasteiger partial charge in [-0.25, -0.2) is 0 Å². The van der Waals surface area contributed by atoms with E-state index in [4.69, 9.17) is 19.1 Å². The summed E-state index contributed by atoms with van der Waals surface area (Å²) in [6.45, 7) is 6.10. The third kappa shape index (κ3) is 29.8. The molecule has 6 heteroatoms. The molecular weight excluding hydrogens is 205 g/mol. The van der Waals surface area contributed by atoms with Crippen LogP contribution >= 0.6 is 8.25 Å². The third-order valence-electron chi connectivity index (χ3n) is 1.14. The molecule has 0 unspecified atom stereocenters. The monoisotopic (exact) mass is 226 g/mol. The molecule has 0 amide bonds.